The molecule has 1 heterocycles. The van der Waals surface area contributed by atoms with Gasteiger partial charge in [-0.25, -0.2) is 0 Å². The van der Waals surface area contributed by atoms with Crippen molar-refractivity contribution in [2.75, 3.05) is 40.3 Å². The Labute approximate surface area is 134 Å². The molecule has 128 valence electrons. The fourth-order valence-electron chi connectivity index (χ4n) is 3.42. The van der Waals surface area contributed by atoms with Gasteiger partial charge >= 0.3 is 5.97 Å². The Balaban J connectivity index is 0.00000116. The number of amides is 1. The lowest BCUT2D eigenvalue weighted by Gasteiger charge is -2.41. The zero-order valence-corrected chi connectivity index (χ0v) is 14.4. The van der Waals surface area contributed by atoms with Gasteiger partial charge < -0.3 is 14.9 Å². The van der Waals surface area contributed by atoms with Gasteiger partial charge in [0.15, 0.2) is 0 Å². The van der Waals surface area contributed by atoms with Crippen LogP contribution in [0.5, 0.6) is 0 Å². The molecule has 1 N–H and O–H groups in total. The van der Waals surface area contributed by atoms with Gasteiger partial charge in [-0.15, -0.1) is 0 Å². The Hall–Kier alpha value is -1.14. The Morgan fingerprint density at radius 2 is 1.95 bits per heavy atom. The van der Waals surface area contributed by atoms with Crippen LogP contribution >= 0.6 is 0 Å². The van der Waals surface area contributed by atoms with Crippen LogP contribution in [0.4, 0.5) is 0 Å². The molecule has 1 aliphatic heterocycles. The molecular formula is C16H31N3O3. The van der Waals surface area contributed by atoms with E-state index in [1.165, 1.54) is 0 Å². The Bertz CT molecular complexity index is 365. The molecule has 0 bridgehead atoms. The Morgan fingerprint density at radius 3 is 2.55 bits per heavy atom. The van der Waals surface area contributed by atoms with E-state index in [4.69, 9.17) is 0 Å². The van der Waals surface area contributed by atoms with Crippen molar-refractivity contribution in [3.8, 4) is 0 Å². The van der Waals surface area contributed by atoms with Gasteiger partial charge in [0.05, 0.1) is 5.92 Å². The van der Waals surface area contributed by atoms with Crippen molar-refractivity contribution in [2.24, 2.45) is 5.92 Å². The average molecular weight is 313 g/mol. The number of carboxylic acids is 1. The van der Waals surface area contributed by atoms with E-state index in [1.807, 2.05) is 13.8 Å². The molecule has 0 spiro atoms. The second-order valence-corrected chi connectivity index (χ2v) is 6.14. The van der Waals surface area contributed by atoms with Crippen molar-refractivity contribution in [3.05, 3.63) is 0 Å². The van der Waals surface area contributed by atoms with Crippen LogP contribution in [0.1, 0.15) is 33.1 Å². The fraction of sp³-hybridized carbons (Fsp3) is 0.875. The highest BCUT2D eigenvalue weighted by Gasteiger charge is 2.38. The minimum Gasteiger partial charge on any atom is -0.481 e. The van der Waals surface area contributed by atoms with Crippen molar-refractivity contribution in [1.82, 2.24) is 14.7 Å². The zero-order chi connectivity index (χ0) is 16.7. The molecule has 0 radical (unpaired) electrons. The topological polar surface area (TPSA) is 64.1 Å². The number of hydrogen-bond acceptors (Lipinski definition) is 4. The zero-order valence-electron chi connectivity index (χ0n) is 14.4. The van der Waals surface area contributed by atoms with Crippen molar-refractivity contribution in [1.29, 1.82) is 0 Å². The summed E-state index contributed by atoms with van der Waals surface area (Å²) in [5, 5.41) is 9.27. The summed E-state index contributed by atoms with van der Waals surface area (Å²) in [4.78, 5) is 29.0. The first-order chi connectivity index (χ1) is 10.5. The molecule has 1 saturated heterocycles. The van der Waals surface area contributed by atoms with Gasteiger partial charge in [-0.3, -0.25) is 14.5 Å². The molecular weight excluding hydrogens is 282 g/mol. The second-order valence-electron chi connectivity index (χ2n) is 6.14. The van der Waals surface area contributed by atoms with E-state index >= 15 is 0 Å². The number of carboxylic acid groups (broad SMARTS) is 1. The minimum atomic E-state index is -0.770. The number of nitrogens with zero attached hydrogens (tertiary/aromatic N) is 3. The molecule has 6 heteroatoms. The molecule has 0 aromatic carbocycles. The first kappa shape index (κ1) is 18.9. The van der Waals surface area contributed by atoms with E-state index < -0.39 is 11.9 Å². The van der Waals surface area contributed by atoms with Gasteiger partial charge in [0, 0.05) is 38.3 Å². The molecule has 3 unspecified atom stereocenters. The summed E-state index contributed by atoms with van der Waals surface area (Å²) < 4.78 is 0. The third-order valence-corrected chi connectivity index (χ3v) is 4.76. The van der Waals surface area contributed by atoms with Crippen molar-refractivity contribution >= 4 is 12.4 Å². The predicted molar refractivity (Wildman–Crippen MR) is 86.8 cm³/mol. The maximum atomic E-state index is 11.4. The second kappa shape index (κ2) is 9.10. The minimum absolute atomic E-state index is 0.134. The summed E-state index contributed by atoms with van der Waals surface area (Å²) in [5.41, 5.74) is 0. The Morgan fingerprint density at radius 1 is 1.27 bits per heavy atom. The molecule has 2 aliphatic rings. The van der Waals surface area contributed by atoms with E-state index in [1.54, 1.807) is 4.90 Å². The van der Waals surface area contributed by atoms with Crippen LogP contribution < -0.4 is 0 Å². The van der Waals surface area contributed by atoms with E-state index in [2.05, 4.69) is 23.9 Å². The molecule has 0 aromatic rings. The van der Waals surface area contributed by atoms with E-state index in [0.29, 0.717) is 13.0 Å². The summed E-state index contributed by atoms with van der Waals surface area (Å²) in [7, 11) is 4.16. The monoisotopic (exact) mass is 313 g/mol. The number of rotatable bonds is 5. The van der Waals surface area contributed by atoms with Crippen molar-refractivity contribution < 1.29 is 14.7 Å². The van der Waals surface area contributed by atoms with Crippen LogP contribution in [0, 0.1) is 5.92 Å². The van der Waals surface area contributed by atoms with Gasteiger partial charge in [-0.05, 0) is 26.9 Å². The number of aliphatic carboxylic acids is 1. The standard InChI is InChI=1S/C14H25N3O3.C2H6/c1-15-6-7-16(2)11(8-15)9-17(10-18)13-5-3-4-12(13)14(19)20;1-2/h10-13H,3-9H2,1-2H3,(H,19,20);1-2H3. The average Bonchev–Trinajstić information content (AvgIpc) is 2.99. The summed E-state index contributed by atoms with van der Waals surface area (Å²) in [6.07, 6.45) is 3.23. The maximum absolute atomic E-state index is 11.4. The maximum Gasteiger partial charge on any atom is 0.308 e. The van der Waals surface area contributed by atoms with Crippen molar-refractivity contribution in [2.45, 2.75) is 45.2 Å². The normalized spacial score (nSPS) is 29.5. The quantitative estimate of drug-likeness (QED) is 0.766. The summed E-state index contributed by atoms with van der Waals surface area (Å²) in [6, 6.07) is 0.152. The molecule has 1 amide bonds. The smallest absolute Gasteiger partial charge is 0.308 e. The highest BCUT2D eigenvalue weighted by atomic mass is 16.4. The van der Waals surface area contributed by atoms with Gasteiger partial charge in [-0.2, -0.15) is 0 Å². The molecule has 6 nitrogen and oxygen atoms in total. The van der Waals surface area contributed by atoms with E-state index in [0.717, 1.165) is 38.9 Å². The van der Waals surface area contributed by atoms with Crippen LogP contribution in [-0.2, 0) is 9.59 Å². The highest BCUT2D eigenvalue weighted by molar-refractivity contribution is 5.72. The number of carbonyl (C=O) groups excluding carboxylic acids is 1. The molecule has 0 aromatic heterocycles. The lowest BCUT2D eigenvalue weighted by Crippen LogP contribution is -2.56. The molecule has 2 fully saturated rings. The number of likely N-dealkylation sites (N-methyl/N-ethyl adjacent to an activating group) is 2. The van der Waals surface area contributed by atoms with E-state index in [-0.39, 0.29) is 12.1 Å². The summed E-state index contributed by atoms with van der Waals surface area (Å²) in [6.45, 7) is 7.57. The van der Waals surface area contributed by atoms with Crippen LogP contribution in [0.3, 0.4) is 0 Å². The van der Waals surface area contributed by atoms with Gasteiger partial charge in [0.25, 0.3) is 0 Å². The number of piperazine rings is 1. The van der Waals surface area contributed by atoms with Gasteiger partial charge in [0.2, 0.25) is 6.41 Å². The predicted octanol–water partition coefficient (Wildman–Crippen LogP) is 0.970. The van der Waals surface area contributed by atoms with Crippen LogP contribution in [0.15, 0.2) is 0 Å². The Kier molecular flexibility index (Phi) is 7.82. The molecule has 1 saturated carbocycles. The first-order valence-corrected chi connectivity index (χ1v) is 8.35. The van der Waals surface area contributed by atoms with Crippen LogP contribution in [-0.4, -0.2) is 84.5 Å². The SMILES string of the molecule is CC.CN1CCN(C)C(CN(C=O)C2CCCC2C(=O)O)C1. The van der Waals surface area contributed by atoms with Gasteiger partial charge in [0.1, 0.15) is 0 Å². The van der Waals surface area contributed by atoms with Crippen molar-refractivity contribution in [3.63, 3.8) is 0 Å². The molecule has 1 aliphatic carbocycles. The summed E-state index contributed by atoms with van der Waals surface area (Å²) in [5.74, 6) is -1.17. The molecule has 22 heavy (non-hydrogen) atoms. The number of carbonyl (C=O) groups is 2. The van der Waals surface area contributed by atoms with Gasteiger partial charge in [-0.1, -0.05) is 20.3 Å². The van der Waals surface area contributed by atoms with Crippen LogP contribution in [0.2, 0.25) is 0 Å². The molecule has 3 atom stereocenters. The largest absolute Gasteiger partial charge is 0.481 e. The fourth-order valence-corrected chi connectivity index (χ4v) is 3.42. The molecule has 2 rings (SSSR count). The number of hydrogen-bond donors (Lipinski definition) is 1. The lowest BCUT2D eigenvalue weighted by molar-refractivity contribution is -0.144. The highest BCUT2D eigenvalue weighted by Crippen LogP contribution is 2.30. The van der Waals surface area contributed by atoms with Crippen LogP contribution in [0.25, 0.3) is 0 Å². The lowest BCUT2D eigenvalue weighted by atomic mass is 10.0. The third kappa shape index (κ3) is 4.68. The third-order valence-electron chi connectivity index (χ3n) is 4.76. The first-order valence-electron chi connectivity index (χ1n) is 8.35. The van der Waals surface area contributed by atoms with E-state index in [9.17, 15) is 14.7 Å². The summed E-state index contributed by atoms with van der Waals surface area (Å²) >= 11 is 0.